The monoisotopic (exact) mass is 433 g/mol. The number of rotatable bonds is 4. The van der Waals surface area contributed by atoms with E-state index in [2.05, 4.69) is 0 Å². The number of carbonyl (C=O) groups excluding carboxylic acids is 1. The van der Waals surface area contributed by atoms with Gasteiger partial charge in [0.15, 0.2) is 5.76 Å². The van der Waals surface area contributed by atoms with Crippen LogP contribution in [-0.4, -0.2) is 10.4 Å². The van der Waals surface area contributed by atoms with E-state index in [0.29, 0.717) is 27.6 Å². The molecule has 0 amide bonds. The maximum atomic E-state index is 13.2. The van der Waals surface area contributed by atoms with Crippen molar-refractivity contribution < 1.29 is 18.7 Å². The normalized spacial score (nSPS) is 14.2. The highest BCUT2D eigenvalue weighted by Gasteiger charge is 2.28. The first-order chi connectivity index (χ1) is 15.0. The molecule has 1 aromatic heterocycles. The molecule has 31 heavy (non-hydrogen) atoms. The number of nitrogens with zero attached hydrogens (tertiary/aromatic N) is 1. The van der Waals surface area contributed by atoms with Crippen LogP contribution in [0, 0.1) is 5.82 Å². The Morgan fingerprint density at radius 2 is 1.97 bits per heavy atom. The van der Waals surface area contributed by atoms with Crippen LogP contribution in [0.4, 0.5) is 4.39 Å². The van der Waals surface area contributed by atoms with Gasteiger partial charge in [0, 0.05) is 41.3 Å². The average molecular weight is 434 g/mol. The number of ether oxygens (including phenoxy) is 2. The Morgan fingerprint density at radius 3 is 2.81 bits per heavy atom. The van der Waals surface area contributed by atoms with Gasteiger partial charge in [0.05, 0.1) is 10.6 Å². The molecular formula is C25H17ClFNO3. The summed E-state index contributed by atoms with van der Waals surface area (Å²) in [4.78, 5) is 12.8. The summed E-state index contributed by atoms with van der Waals surface area (Å²) in [6, 6.07) is 17.2. The van der Waals surface area contributed by atoms with E-state index in [0.717, 1.165) is 16.5 Å². The third kappa shape index (κ3) is 3.57. The van der Waals surface area contributed by atoms with E-state index in [1.165, 1.54) is 12.1 Å². The number of para-hydroxylation sites is 1. The van der Waals surface area contributed by atoms with Crippen LogP contribution in [-0.2, 0) is 13.7 Å². The van der Waals surface area contributed by atoms with E-state index in [1.54, 1.807) is 30.3 Å². The molecule has 1 aliphatic heterocycles. The molecule has 0 bridgehead atoms. The summed E-state index contributed by atoms with van der Waals surface area (Å²) in [6.07, 6.45) is 3.74. The number of aryl methyl sites for hydroxylation is 1. The van der Waals surface area contributed by atoms with Gasteiger partial charge in [0.25, 0.3) is 0 Å². The van der Waals surface area contributed by atoms with Gasteiger partial charge in [-0.25, -0.2) is 4.39 Å². The average Bonchev–Trinajstić information content (AvgIpc) is 3.24. The highest BCUT2D eigenvalue weighted by atomic mass is 35.5. The Morgan fingerprint density at radius 1 is 1.13 bits per heavy atom. The molecule has 0 spiro atoms. The van der Waals surface area contributed by atoms with Gasteiger partial charge in [-0.2, -0.15) is 0 Å². The molecule has 6 heteroatoms. The zero-order valence-electron chi connectivity index (χ0n) is 16.6. The minimum absolute atomic E-state index is 0.170. The minimum atomic E-state index is -0.399. The lowest BCUT2D eigenvalue weighted by Crippen LogP contribution is -1.98. The second-order valence-electron chi connectivity index (χ2n) is 7.33. The minimum Gasteiger partial charge on any atom is -0.489 e. The van der Waals surface area contributed by atoms with Crippen molar-refractivity contribution in [2.24, 2.45) is 7.05 Å². The standard InChI is InChI=1S/C25H17ClFNO3/c1-28-13-16(19-4-2-3-5-22(19)28)10-24-25(29)20-9-8-18(12-23(20)31-24)30-14-15-6-7-17(27)11-21(15)26/h2-13H,14H2,1H3. The van der Waals surface area contributed by atoms with Crippen molar-refractivity contribution in [3.05, 3.63) is 100 Å². The highest BCUT2D eigenvalue weighted by Crippen LogP contribution is 2.36. The molecule has 0 fully saturated rings. The molecule has 0 unspecified atom stereocenters. The molecule has 4 nitrogen and oxygen atoms in total. The first-order valence-electron chi connectivity index (χ1n) is 9.69. The Bertz CT molecular complexity index is 1370. The first-order valence-corrected chi connectivity index (χ1v) is 10.1. The van der Waals surface area contributed by atoms with Crippen LogP contribution in [0.5, 0.6) is 11.5 Å². The first kappa shape index (κ1) is 19.4. The van der Waals surface area contributed by atoms with Gasteiger partial charge >= 0.3 is 0 Å². The number of fused-ring (bicyclic) bond motifs is 2. The Balaban J connectivity index is 1.39. The van der Waals surface area contributed by atoms with Gasteiger partial charge in [-0.15, -0.1) is 0 Å². The molecule has 154 valence electrons. The Kier molecular flexibility index (Phi) is 4.75. The smallest absolute Gasteiger partial charge is 0.231 e. The van der Waals surface area contributed by atoms with Crippen molar-refractivity contribution in [1.29, 1.82) is 0 Å². The van der Waals surface area contributed by atoms with Crippen LogP contribution in [0.15, 0.2) is 72.6 Å². The van der Waals surface area contributed by atoms with E-state index < -0.39 is 5.82 Å². The van der Waals surface area contributed by atoms with Crippen molar-refractivity contribution in [3.8, 4) is 11.5 Å². The molecule has 0 saturated carbocycles. The van der Waals surface area contributed by atoms with Crippen molar-refractivity contribution in [1.82, 2.24) is 4.57 Å². The van der Waals surface area contributed by atoms with Crippen LogP contribution in [0.1, 0.15) is 21.5 Å². The second kappa shape index (κ2) is 7.60. The number of hydrogen-bond donors (Lipinski definition) is 0. The summed E-state index contributed by atoms with van der Waals surface area (Å²) in [5.74, 6) is 0.669. The van der Waals surface area contributed by atoms with Gasteiger partial charge < -0.3 is 14.0 Å². The number of benzene rings is 3. The number of hydrogen-bond acceptors (Lipinski definition) is 3. The molecule has 0 atom stereocenters. The highest BCUT2D eigenvalue weighted by molar-refractivity contribution is 6.31. The largest absolute Gasteiger partial charge is 0.489 e. The van der Waals surface area contributed by atoms with Gasteiger partial charge in [0.1, 0.15) is 23.9 Å². The Labute approximate surface area is 183 Å². The molecule has 5 rings (SSSR count). The number of allylic oxidation sites excluding steroid dienone is 1. The summed E-state index contributed by atoms with van der Waals surface area (Å²) in [6.45, 7) is 0.171. The summed E-state index contributed by atoms with van der Waals surface area (Å²) in [5.41, 5.74) is 3.14. The zero-order chi connectivity index (χ0) is 21.5. The molecule has 1 aliphatic rings. The summed E-state index contributed by atoms with van der Waals surface area (Å²) < 4.78 is 26.8. The predicted molar refractivity (Wildman–Crippen MR) is 118 cm³/mol. The SMILES string of the molecule is Cn1cc(C=C2Oc3cc(OCc4ccc(F)cc4Cl)ccc3C2=O)c2ccccc21. The summed E-state index contributed by atoms with van der Waals surface area (Å²) >= 11 is 6.05. The lowest BCUT2D eigenvalue weighted by atomic mass is 10.1. The molecular weight excluding hydrogens is 417 g/mol. The van der Waals surface area contributed by atoms with Crippen molar-refractivity contribution in [2.45, 2.75) is 6.61 Å². The van der Waals surface area contributed by atoms with Crippen LogP contribution in [0.25, 0.3) is 17.0 Å². The van der Waals surface area contributed by atoms with Crippen LogP contribution < -0.4 is 9.47 Å². The van der Waals surface area contributed by atoms with E-state index in [-0.39, 0.29) is 18.1 Å². The fourth-order valence-electron chi connectivity index (χ4n) is 3.69. The van der Waals surface area contributed by atoms with E-state index in [1.807, 2.05) is 42.1 Å². The van der Waals surface area contributed by atoms with Gasteiger partial charge in [0.2, 0.25) is 5.78 Å². The summed E-state index contributed by atoms with van der Waals surface area (Å²) in [5, 5.41) is 1.35. The maximum Gasteiger partial charge on any atom is 0.231 e. The van der Waals surface area contributed by atoms with Crippen LogP contribution in [0.2, 0.25) is 5.02 Å². The lowest BCUT2D eigenvalue weighted by molar-refractivity contribution is 0.101. The van der Waals surface area contributed by atoms with Crippen LogP contribution >= 0.6 is 11.6 Å². The molecule has 3 aromatic carbocycles. The van der Waals surface area contributed by atoms with Crippen LogP contribution in [0.3, 0.4) is 0 Å². The van der Waals surface area contributed by atoms with Crippen molar-refractivity contribution in [2.75, 3.05) is 0 Å². The van der Waals surface area contributed by atoms with E-state index in [4.69, 9.17) is 21.1 Å². The molecule has 0 saturated heterocycles. The summed E-state index contributed by atoms with van der Waals surface area (Å²) in [7, 11) is 1.97. The molecule has 0 radical (unpaired) electrons. The second-order valence-corrected chi connectivity index (χ2v) is 7.74. The van der Waals surface area contributed by atoms with Crippen molar-refractivity contribution in [3.63, 3.8) is 0 Å². The lowest BCUT2D eigenvalue weighted by Gasteiger charge is -2.08. The molecule has 4 aromatic rings. The fraction of sp³-hybridized carbons (Fsp3) is 0.0800. The molecule has 0 aliphatic carbocycles. The van der Waals surface area contributed by atoms with Gasteiger partial charge in [-0.05, 0) is 36.4 Å². The predicted octanol–water partition coefficient (Wildman–Crippen LogP) is 6.17. The number of aromatic nitrogens is 1. The molecule has 2 heterocycles. The third-order valence-corrected chi connectivity index (χ3v) is 5.62. The van der Waals surface area contributed by atoms with E-state index in [9.17, 15) is 9.18 Å². The fourth-order valence-corrected chi connectivity index (χ4v) is 3.91. The van der Waals surface area contributed by atoms with Gasteiger partial charge in [-0.3, -0.25) is 4.79 Å². The number of Topliss-reactive ketones (excluding diaryl/α,β-unsaturated/α-hetero) is 1. The quantitative estimate of drug-likeness (QED) is 0.361. The zero-order valence-corrected chi connectivity index (χ0v) is 17.3. The topological polar surface area (TPSA) is 40.5 Å². The number of ketones is 1. The maximum absolute atomic E-state index is 13.2. The molecule has 0 N–H and O–H groups in total. The van der Waals surface area contributed by atoms with E-state index >= 15 is 0 Å². The third-order valence-electron chi connectivity index (χ3n) is 5.27. The van der Waals surface area contributed by atoms with Crippen molar-refractivity contribution >= 4 is 34.4 Å². The van der Waals surface area contributed by atoms with Gasteiger partial charge in [-0.1, -0.05) is 35.9 Å². The number of carbonyl (C=O) groups is 1. The Hall–Kier alpha value is -3.57. The number of halogens is 2.